The predicted octanol–water partition coefficient (Wildman–Crippen LogP) is 2.75. The maximum atomic E-state index is 12.5. The number of aromatic nitrogens is 2. The monoisotopic (exact) mass is 269 g/mol. The number of rotatable bonds is 2. The van der Waals surface area contributed by atoms with Gasteiger partial charge in [0, 0.05) is 5.69 Å². The average Bonchev–Trinajstić information content (AvgIpc) is 2.98. The Morgan fingerprint density at radius 2 is 1.79 bits per heavy atom. The van der Waals surface area contributed by atoms with Crippen LogP contribution in [0.5, 0.6) is 0 Å². The van der Waals surface area contributed by atoms with E-state index < -0.39 is 17.4 Å². The van der Waals surface area contributed by atoms with Crippen LogP contribution in [0.1, 0.15) is 30.1 Å². The fourth-order valence-electron chi connectivity index (χ4n) is 2.09. The molecular weight excluding hydrogens is 259 g/mol. The fourth-order valence-corrected chi connectivity index (χ4v) is 2.09. The van der Waals surface area contributed by atoms with Gasteiger partial charge in [0.05, 0.1) is 5.41 Å². The van der Waals surface area contributed by atoms with Gasteiger partial charge in [0.1, 0.15) is 0 Å². The second-order valence-electron chi connectivity index (χ2n) is 4.63. The lowest BCUT2D eigenvalue weighted by molar-refractivity contribution is -0.146. The maximum Gasteiger partial charge on any atom is 0.455 e. The van der Waals surface area contributed by atoms with E-state index in [9.17, 15) is 13.2 Å². The second kappa shape index (κ2) is 3.72. The molecule has 0 spiro atoms. The van der Waals surface area contributed by atoms with Crippen molar-refractivity contribution in [2.24, 2.45) is 0 Å². The molecule has 0 amide bonds. The second-order valence-corrected chi connectivity index (χ2v) is 4.63. The van der Waals surface area contributed by atoms with Crippen molar-refractivity contribution in [3.8, 4) is 0 Å². The molecule has 1 aliphatic carbocycles. The fraction of sp³-hybridized carbons (Fsp3) is 0.333. The maximum absolute atomic E-state index is 12.5. The third-order valence-corrected chi connectivity index (χ3v) is 3.30. The van der Waals surface area contributed by atoms with E-state index in [4.69, 9.17) is 10.3 Å². The first-order valence-corrected chi connectivity index (χ1v) is 5.69. The van der Waals surface area contributed by atoms with E-state index in [1.165, 1.54) is 0 Å². The highest BCUT2D eigenvalue weighted by atomic mass is 19.4. The third kappa shape index (κ3) is 1.94. The smallest absolute Gasteiger partial charge is 0.399 e. The number of nitrogens with two attached hydrogens (primary N) is 1. The molecule has 0 unspecified atom stereocenters. The van der Waals surface area contributed by atoms with E-state index in [-0.39, 0.29) is 5.89 Å². The summed E-state index contributed by atoms with van der Waals surface area (Å²) >= 11 is 0. The standard InChI is InChI=1S/C12H10F3N3O/c13-12(14,15)9-17-10(19-18-9)11(5-6-11)7-1-3-8(16)4-2-7/h1-4H,5-6,16H2. The van der Waals surface area contributed by atoms with Crippen LogP contribution in [0, 0.1) is 0 Å². The molecule has 4 nitrogen and oxygen atoms in total. The Bertz CT molecular complexity index is 599. The molecule has 2 N–H and O–H groups in total. The molecule has 0 saturated heterocycles. The number of halogens is 3. The summed E-state index contributed by atoms with van der Waals surface area (Å²) in [6.07, 6.45) is -3.20. The van der Waals surface area contributed by atoms with Crippen molar-refractivity contribution in [1.82, 2.24) is 10.1 Å². The van der Waals surface area contributed by atoms with E-state index in [1.54, 1.807) is 24.3 Å². The minimum atomic E-state index is -4.58. The highest BCUT2D eigenvalue weighted by Crippen LogP contribution is 2.53. The predicted molar refractivity (Wildman–Crippen MR) is 60.2 cm³/mol. The van der Waals surface area contributed by atoms with Crippen LogP contribution in [0.4, 0.5) is 18.9 Å². The number of anilines is 1. The van der Waals surface area contributed by atoms with E-state index in [2.05, 4.69) is 10.1 Å². The van der Waals surface area contributed by atoms with Crippen molar-refractivity contribution in [2.45, 2.75) is 24.4 Å². The van der Waals surface area contributed by atoms with Gasteiger partial charge in [-0.3, -0.25) is 0 Å². The van der Waals surface area contributed by atoms with E-state index in [0.717, 1.165) is 5.56 Å². The van der Waals surface area contributed by atoms with E-state index >= 15 is 0 Å². The summed E-state index contributed by atoms with van der Waals surface area (Å²) in [6, 6.07) is 6.96. The summed E-state index contributed by atoms with van der Waals surface area (Å²) in [5, 5.41) is 3.00. The van der Waals surface area contributed by atoms with Gasteiger partial charge in [-0.1, -0.05) is 17.3 Å². The number of hydrogen-bond acceptors (Lipinski definition) is 4. The zero-order valence-electron chi connectivity index (χ0n) is 9.74. The van der Waals surface area contributed by atoms with Gasteiger partial charge in [0.2, 0.25) is 5.89 Å². The van der Waals surface area contributed by atoms with Gasteiger partial charge < -0.3 is 10.3 Å². The van der Waals surface area contributed by atoms with E-state index in [1.807, 2.05) is 0 Å². The molecule has 1 aromatic carbocycles. The normalized spacial score (nSPS) is 17.4. The van der Waals surface area contributed by atoms with Crippen molar-refractivity contribution in [2.75, 3.05) is 5.73 Å². The Morgan fingerprint density at radius 1 is 1.16 bits per heavy atom. The lowest BCUT2D eigenvalue weighted by Crippen LogP contribution is -2.11. The minimum Gasteiger partial charge on any atom is -0.399 e. The van der Waals surface area contributed by atoms with Crippen molar-refractivity contribution in [3.05, 3.63) is 41.5 Å². The molecule has 3 rings (SSSR count). The third-order valence-electron chi connectivity index (χ3n) is 3.30. The summed E-state index contributed by atoms with van der Waals surface area (Å²) in [5.74, 6) is -1.21. The van der Waals surface area contributed by atoms with Crippen LogP contribution in [-0.2, 0) is 11.6 Å². The molecule has 2 aromatic rings. The largest absolute Gasteiger partial charge is 0.455 e. The Hall–Kier alpha value is -2.05. The van der Waals surface area contributed by atoms with Gasteiger partial charge in [0.15, 0.2) is 0 Å². The molecule has 7 heteroatoms. The summed E-state index contributed by atoms with van der Waals surface area (Å²) in [7, 11) is 0. The quantitative estimate of drug-likeness (QED) is 0.851. The zero-order chi connectivity index (χ0) is 13.7. The first-order chi connectivity index (χ1) is 8.92. The lowest BCUT2D eigenvalue weighted by Gasteiger charge is -2.10. The van der Waals surface area contributed by atoms with Crippen LogP contribution in [-0.4, -0.2) is 10.1 Å². The number of nitrogens with zero attached hydrogens (tertiary/aromatic N) is 2. The Morgan fingerprint density at radius 3 is 2.26 bits per heavy atom. The first-order valence-electron chi connectivity index (χ1n) is 5.69. The van der Waals surface area contributed by atoms with Crippen molar-refractivity contribution >= 4 is 5.69 Å². The van der Waals surface area contributed by atoms with Gasteiger partial charge in [-0.05, 0) is 30.5 Å². The van der Waals surface area contributed by atoms with Crippen LogP contribution in [0.15, 0.2) is 28.8 Å². The molecule has 1 fully saturated rings. The van der Waals surface area contributed by atoms with Crippen molar-refractivity contribution in [1.29, 1.82) is 0 Å². The van der Waals surface area contributed by atoms with Crippen LogP contribution in [0.3, 0.4) is 0 Å². The highest BCUT2D eigenvalue weighted by Gasteiger charge is 2.52. The molecule has 0 aliphatic heterocycles. The highest BCUT2D eigenvalue weighted by molar-refractivity contribution is 5.46. The van der Waals surface area contributed by atoms with Gasteiger partial charge in [0.25, 0.3) is 5.82 Å². The van der Waals surface area contributed by atoms with Crippen LogP contribution in [0.25, 0.3) is 0 Å². The van der Waals surface area contributed by atoms with Crippen LogP contribution in [0.2, 0.25) is 0 Å². The van der Waals surface area contributed by atoms with E-state index in [0.29, 0.717) is 18.5 Å². The Balaban J connectivity index is 1.97. The molecule has 1 saturated carbocycles. The number of benzene rings is 1. The van der Waals surface area contributed by atoms with Gasteiger partial charge in [-0.15, -0.1) is 0 Å². The molecule has 100 valence electrons. The summed E-state index contributed by atoms with van der Waals surface area (Å²) < 4.78 is 42.2. The summed E-state index contributed by atoms with van der Waals surface area (Å²) in [5.41, 5.74) is 6.46. The number of alkyl halides is 3. The molecule has 1 aliphatic rings. The lowest BCUT2D eigenvalue weighted by atomic mass is 9.96. The molecular formula is C12H10F3N3O. The Kier molecular flexibility index (Phi) is 2.35. The molecule has 19 heavy (non-hydrogen) atoms. The SMILES string of the molecule is Nc1ccc(C2(c3nc(C(F)(F)F)no3)CC2)cc1. The first kappa shape index (κ1) is 12.0. The number of hydrogen-bond donors (Lipinski definition) is 1. The van der Waals surface area contributed by atoms with Gasteiger partial charge in [-0.2, -0.15) is 18.2 Å². The average molecular weight is 269 g/mol. The summed E-state index contributed by atoms with van der Waals surface area (Å²) in [6.45, 7) is 0. The van der Waals surface area contributed by atoms with Crippen molar-refractivity contribution in [3.63, 3.8) is 0 Å². The molecule has 0 bridgehead atoms. The molecule has 0 atom stereocenters. The molecule has 0 radical (unpaired) electrons. The van der Waals surface area contributed by atoms with Crippen LogP contribution >= 0.6 is 0 Å². The number of nitrogen functional groups attached to an aromatic ring is 1. The topological polar surface area (TPSA) is 64.9 Å². The van der Waals surface area contributed by atoms with Crippen LogP contribution < -0.4 is 5.73 Å². The molecule has 1 aromatic heterocycles. The molecule has 1 heterocycles. The minimum absolute atomic E-state index is 0.0181. The zero-order valence-corrected chi connectivity index (χ0v) is 9.74. The Labute approximate surface area is 106 Å². The van der Waals surface area contributed by atoms with Crippen molar-refractivity contribution < 1.29 is 17.7 Å². The summed E-state index contributed by atoms with van der Waals surface area (Å²) in [4.78, 5) is 3.48. The van der Waals surface area contributed by atoms with Gasteiger partial charge in [-0.25, -0.2) is 0 Å². The van der Waals surface area contributed by atoms with Gasteiger partial charge >= 0.3 is 6.18 Å².